The van der Waals surface area contributed by atoms with E-state index in [4.69, 9.17) is 9.47 Å². The molecule has 0 radical (unpaired) electrons. The van der Waals surface area contributed by atoms with Crippen LogP contribution in [0, 0.1) is 5.82 Å². The summed E-state index contributed by atoms with van der Waals surface area (Å²) >= 11 is 0. The molecule has 1 atom stereocenters. The Labute approximate surface area is 181 Å². The number of amides is 1. The van der Waals surface area contributed by atoms with E-state index in [9.17, 15) is 17.6 Å². The van der Waals surface area contributed by atoms with Crippen molar-refractivity contribution in [1.29, 1.82) is 0 Å². The first kappa shape index (κ1) is 21.9. The number of rotatable bonds is 6. The highest BCUT2D eigenvalue weighted by Gasteiger charge is 2.42. The maximum absolute atomic E-state index is 13.3. The van der Waals surface area contributed by atoms with Gasteiger partial charge in [0.05, 0.1) is 18.1 Å². The van der Waals surface area contributed by atoms with Crippen molar-refractivity contribution in [3.05, 3.63) is 66.0 Å². The van der Waals surface area contributed by atoms with Crippen LogP contribution < -0.4 is 4.72 Å². The summed E-state index contributed by atoms with van der Waals surface area (Å²) in [6.45, 7) is 1.93. The molecule has 0 aromatic heterocycles. The fourth-order valence-electron chi connectivity index (χ4n) is 3.97. The number of hydrogen-bond acceptors (Lipinski definition) is 5. The number of ether oxygens (including phenoxy) is 2. The molecular formula is C22H25FN2O5S. The molecule has 9 heteroatoms. The van der Waals surface area contributed by atoms with Crippen LogP contribution >= 0.6 is 0 Å². The van der Waals surface area contributed by atoms with Crippen LogP contribution in [0.4, 0.5) is 4.39 Å². The van der Waals surface area contributed by atoms with E-state index in [2.05, 4.69) is 4.72 Å². The van der Waals surface area contributed by atoms with E-state index in [0.717, 1.165) is 17.7 Å². The van der Waals surface area contributed by atoms with Gasteiger partial charge in [-0.25, -0.2) is 12.8 Å². The Bertz CT molecular complexity index is 998. The van der Waals surface area contributed by atoms with Crippen LogP contribution in [0.25, 0.3) is 0 Å². The fourth-order valence-corrected chi connectivity index (χ4v) is 5.16. The predicted octanol–water partition coefficient (Wildman–Crippen LogP) is 2.08. The Morgan fingerprint density at radius 1 is 1.03 bits per heavy atom. The van der Waals surface area contributed by atoms with Crippen LogP contribution in [0.5, 0.6) is 0 Å². The third-order valence-electron chi connectivity index (χ3n) is 5.65. The standard InChI is InChI=1S/C22H25FN2O5S/c23-18-6-8-19(9-7-18)31(27,28)24-20(16-17-4-2-1-3-5-17)21(26)25-12-10-22(11-13-25)29-14-15-30-22/h1-9,20,24H,10-16H2/t20-/m0/s1. The molecule has 1 N–H and O–H groups in total. The van der Waals surface area contributed by atoms with Crippen LogP contribution in [0.1, 0.15) is 18.4 Å². The van der Waals surface area contributed by atoms with Crippen LogP contribution in [0.3, 0.4) is 0 Å². The van der Waals surface area contributed by atoms with Gasteiger partial charge < -0.3 is 14.4 Å². The molecule has 2 aliphatic heterocycles. The van der Waals surface area contributed by atoms with Crippen LogP contribution in [-0.4, -0.2) is 57.4 Å². The molecule has 31 heavy (non-hydrogen) atoms. The lowest BCUT2D eigenvalue weighted by Crippen LogP contribution is -2.54. The highest BCUT2D eigenvalue weighted by atomic mass is 32.2. The highest BCUT2D eigenvalue weighted by Crippen LogP contribution is 2.31. The van der Waals surface area contributed by atoms with E-state index in [1.54, 1.807) is 4.90 Å². The number of carbonyl (C=O) groups excluding carboxylic acids is 1. The lowest BCUT2D eigenvalue weighted by Gasteiger charge is -2.38. The van der Waals surface area contributed by atoms with Crippen LogP contribution in [0.15, 0.2) is 59.5 Å². The largest absolute Gasteiger partial charge is 0.347 e. The first-order valence-corrected chi connectivity index (χ1v) is 11.7. The molecule has 0 aliphatic carbocycles. The topological polar surface area (TPSA) is 84.9 Å². The molecule has 4 rings (SSSR count). The third kappa shape index (κ3) is 5.12. The normalized spacial score (nSPS) is 19.5. The van der Waals surface area contributed by atoms with Crippen molar-refractivity contribution in [1.82, 2.24) is 9.62 Å². The van der Waals surface area contributed by atoms with Crippen molar-refractivity contribution < 1.29 is 27.1 Å². The molecule has 0 saturated carbocycles. The molecule has 2 saturated heterocycles. The number of piperidine rings is 1. The Hall–Kier alpha value is -2.33. The van der Waals surface area contributed by atoms with Gasteiger partial charge in [0, 0.05) is 25.9 Å². The molecule has 2 aromatic carbocycles. The van der Waals surface area contributed by atoms with Gasteiger partial charge in [-0.05, 0) is 36.2 Å². The van der Waals surface area contributed by atoms with Gasteiger partial charge >= 0.3 is 0 Å². The molecule has 2 aromatic rings. The lowest BCUT2D eigenvalue weighted by atomic mass is 10.0. The number of sulfonamides is 1. The van der Waals surface area contributed by atoms with E-state index < -0.39 is 27.7 Å². The lowest BCUT2D eigenvalue weighted by molar-refractivity contribution is -0.187. The first-order chi connectivity index (χ1) is 14.9. The molecule has 1 spiro atoms. The second-order valence-corrected chi connectivity index (χ2v) is 9.46. The molecule has 7 nitrogen and oxygen atoms in total. The van der Waals surface area contributed by atoms with Crippen molar-refractivity contribution in [2.24, 2.45) is 0 Å². The number of benzene rings is 2. The number of halogens is 1. The SMILES string of the molecule is O=C([C@H](Cc1ccccc1)NS(=O)(=O)c1ccc(F)cc1)N1CCC2(CC1)OCCO2. The average molecular weight is 449 g/mol. The van der Waals surface area contributed by atoms with Gasteiger partial charge in [0.2, 0.25) is 15.9 Å². The van der Waals surface area contributed by atoms with E-state index in [-0.39, 0.29) is 17.2 Å². The summed E-state index contributed by atoms with van der Waals surface area (Å²) in [5, 5.41) is 0. The molecule has 0 bridgehead atoms. The Balaban J connectivity index is 1.52. The zero-order valence-electron chi connectivity index (χ0n) is 17.0. The number of nitrogens with one attached hydrogen (secondary N) is 1. The first-order valence-electron chi connectivity index (χ1n) is 10.3. The Morgan fingerprint density at radius 3 is 2.26 bits per heavy atom. The summed E-state index contributed by atoms with van der Waals surface area (Å²) in [7, 11) is -4.02. The minimum atomic E-state index is -4.02. The summed E-state index contributed by atoms with van der Waals surface area (Å²) in [4.78, 5) is 14.9. The van der Waals surface area contributed by atoms with Crippen LogP contribution in [0.2, 0.25) is 0 Å². The quantitative estimate of drug-likeness (QED) is 0.732. The zero-order valence-corrected chi connectivity index (χ0v) is 17.8. The van der Waals surface area contributed by atoms with E-state index >= 15 is 0 Å². The Morgan fingerprint density at radius 2 is 1.65 bits per heavy atom. The van der Waals surface area contributed by atoms with E-state index in [1.165, 1.54) is 12.1 Å². The van der Waals surface area contributed by atoms with E-state index in [0.29, 0.717) is 39.1 Å². The molecular weight excluding hydrogens is 423 g/mol. The number of nitrogens with zero attached hydrogens (tertiary/aromatic N) is 1. The third-order valence-corrected chi connectivity index (χ3v) is 7.14. The van der Waals surface area contributed by atoms with Gasteiger partial charge in [0.25, 0.3) is 0 Å². The van der Waals surface area contributed by atoms with Crippen molar-refractivity contribution >= 4 is 15.9 Å². The van der Waals surface area contributed by atoms with Gasteiger partial charge in [-0.2, -0.15) is 4.72 Å². The second-order valence-electron chi connectivity index (χ2n) is 7.75. The van der Waals surface area contributed by atoms with Gasteiger partial charge in [0.15, 0.2) is 5.79 Å². The van der Waals surface area contributed by atoms with Gasteiger partial charge in [-0.3, -0.25) is 4.79 Å². The van der Waals surface area contributed by atoms with Crippen molar-refractivity contribution in [2.75, 3.05) is 26.3 Å². The number of carbonyl (C=O) groups is 1. The summed E-state index contributed by atoms with van der Waals surface area (Å²) in [6, 6.07) is 12.8. The van der Waals surface area contributed by atoms with Gasteiger partial charge in [-0.15, -0.1) is 0 Å². The second kappa shape index (κ2) is 9.04. The average Bonchev–Trinajstić information content (AvgIpc) is 3.22. The molecule has 1 amide bonds. The number of likely N-dealkylation sites (tertiary alicyclic amines) is 1. The smallest absolute Gasteiger partial charge is 0.241 e. The maximum Gasteiger partial charge on any atom is 0.241 e. The summed E-state index contributed by atoms with van der Waals surface area (Å²) < 4.78 is 53.0. The minimum Gasteiger partial charge on any atom is -0.347 e. The maximum atomic E-state index is 13.3. The number of hydrogen-bond donors (Lipinski definition) is 1. The highest BCUT2D eigenvalue weighted by molar-refractivity contribution is 7.89. The van der Waals surface area contributed by atoms with Crippen molar-refractivity contribution in [3.8, 4) is 0 Å². The molecule has 166 valence electrons. The van der Waals surface area contributed by atoms with Crippen molar-refractivity contribution in [2.45, 2.75) is 36.0 Å². The summed E-state index contributed by atoms with van der Waals surface area (Å²) in [6.07, 6.45) is 1.29. The summed E-state index contributed by atoms with van der Waals surface area (Å²) in [5.74, 6) is -1.46. The van der Waals surface area contributed by atoms with Crippen molar-refractivity contribution in [3.63, 3.8) is 0 Å². The van der Waals surface area contributed by atoms with Gasteiger partial charge in [-0.1, -0.05) is 30.3 Å². The monoisotopic (exact) mass is 448 g/mol. The van der Waals surface area contributed by atoms with E-state index in [1.807, 2.05) is 30.3 Å². The van der Waals surface area contributed by atoms with Gasteiger partial charge in [0.1, 0.15) is 11.9 Å². The minimum absolute atomic E-state index is 0.0925. The fraction of sp³-hybridized carbons (Fsp3) is 0.409. The molecule has 2 aliphatic rings. The summed E-state index contributed by atoms with van der Waals surface area (Å²) in [5.41, 5.74) is 0.832. The van der Waals surface area contributed by atoms with Crippen LogP contribution in [-0.2, 0) is 30.7 Å². The predicted molar refractivity (Wildman–Crippen MR) is 111 cm³/mol. The molecule has 2 fully saturated rings. The molecule has 0 unspecified atom stereocenters. The zero-order chi connectivity index (χ0) is 21.9. The molecule has 2 heterocycles. The Kier molecular flexibility index (Phi) is 6.38.